The second-order valence-corrected chi connectivity index (χ2v) is 5.52. The maximum Gasteiger partial charge on any atom is 0.414 e. The molecule has 24 heavy (non-hydrogen) atoms. The second-order valence-electron chi connectivity index (χ2n) is 5.52. The van der Waals surface area contributed by atoms with Crippen LogP contribution in [0.25, 0.3) is 0 Å². The van der Waals surface area contributed by atoms with Gasteiger partial charge in [-0.25, -0.2) is 19.6 Å². The van der Waals surface area contributed by atoms with Crippen molar-refractivity contribution in [1.82, 2.24) is 9.97 Å². The van der Waals surface area contributed by atoms with Gasteiger partial charge in [0.15, 0.2) is 5.69 Å². The van der Waals surface area contributed by atoms with E-state index >= 15 is 0 Å². The Labute approximate surface area is 139 Å². The molecule has 2 rings (SSSR count). The van der Waals surface area contributed by atoms with Gasteiger partial charge in [0.1, 0.15) is 12.4 Å². The van der Waals surface area contributed by atoms with Crippen LogP contribution in [0.4, 0.5) is 10.5 Å². The molecule has 1 amide bonds. The number of anilines is 1. The molecule has 7 nitrogen and oxygen atoms in total. The van der Waals surface area contributed by atoms with Crippen LogP contribution in [0.5, 0.6) is 0 Å². The monoisotopic (exact) mass is 329 g/mol. The topological polar surface area (TPSA) is 92.6 Å². The van der Waals surface area contributed by atoms with E-state index in [1.165, 1.54) is 13.2 Å². The molecule has 0 bridgehead atoms. The van der Waals surface area contributed by atoms with Crippen LogP contribution in [0, 0.1) is 0 Å². The number of amides is 1. The van der Waals surface area contributed by atoms with E-state index in [0.29, 0.717) is 5.82 Å². The van der Waals surface area contributed by atoms with Crippen molar-refractivity contribution in [2.24, 2.45) is 0 Å². The summed E-state index contributed by atoms with van der Waals surface area (Å²) in [5, 5.41) is 9.34. The Morgan fingerprint density at radius 2 is 1.92 bits per heavy atom. The molecule has 126 valence electrons. The second kappa shape index (κ2) is 7.54. The molecule has 0 saturated heterocycles. The van der Waals surface area contributed by atoms with Gasteiger partial charge in [-0.3, -0.25) is 4.90 Å². The summed E-state index contributed by atoms with van der Waals surface area (Å²) in [5.41, 5.74) is 0.696. The Balaban J connectivity index is 2.17. The fourth-order valence-corrected chi connectivity index (χ4v) is 1.98. The van der Waals surface area contributed by atoms with Crippen LogP contribution in [0.1, 0.15) is 41.6 Å². The van der Waals surface area contributed by atoms with Crippen LogP contribution in [0.2, 0.25) is 0 Å². The molecule has 0 spiro atoms. The standard InChI is InChI=1S/C17H19N3O4/c1-11(2)15-18-9-13(14(19-15)16(21)22)20(3)17(23)24-10-12-7-5-4-6-8-12/h4-9,11H,10H2,1-3H3,(H,21,22). The number of aromatic nitrogens is 2. The summed E-state index contributed by atoms with van der Waals surface area (Å²) in [6.45, 7) is 3.81. The predicted octanol–water partition coefficient (Wildman–Crippen LogP) is 3.07. The molecular weight excluding hydrogens is 310 g/mol. The van der Waals surface area contributed by atoms with E-state index in [-0.39, 0.29) is 23.9 Å². The van der Waals surface area contributed by atoms with Gasteiger partial charge in [0, 0.05) is 13.0 Å². The number of nitrogens with zero attached hydrogens (tertiary/aromatic N) is 3. The number of ether oxygens (including phenoxy) is 1. The Kier molecular flexibility index (Phi) is 5.47. The molecule has 1 aromatic heterocycles. The number of rotatable bonds is 5. The predicted molar refractivity (Wildman–Crippen MR) is 88.1 cm³/mol. The first-order valence-corrected chi connectivity index (χ1v) is 7.44. The molecule has 0 aliphatic carbocycles. The van der Waals surface area contributed by atoms with E-state index in [1.807, 2.05) is 44.2 Å². The maximum atomic E-state index is 12.2. The molecule has 1 heterocycles. The Hall–Kier alpha value is -2.96. The van der Waals surface area contributed by atoms with Crippen molar-refractivity contribution in [3.05, 3.63) is 53.6 Å². The minimum atomic E-state index is -1.22. The van der Waals surface area contributed by atoms with Gasteiger partial charge in [-0.1, -0.05) is 44.2 Å². The van der Waals surface area contributed by atoms with E-state index in [0.717, 1.165) is 10.5 Å². The normalized spacial score (nSPS) is 10.5. The lowest BCUT2D eigenvalue weighted by atomic mass is 10.2. The quantitative estimate of drug-likeness (QED) is 0.906. The van der Waals surface area contributed by atoms with Gasteiger partial charge in [0.25, 0.3) is 0 Å². The molecular formula is C17H19N3O4. The zero-order valence-electron chi connectivity index (χ0n) is 13.8. The number of carboxylic acid groups (broad SMARTS) is 1. The van der Waals surface area contributed by atoms with Gasteiger partial charge in [-0.05, 0) is 5.56 Å². The third-order valence-corrected chi connectivity index (χ3v) is 3.35. The minimum Gasteiger partial charge on any atom is -0.476 e. The van der Waals surface area contributed by atoms with Crippen molar-refractivity contribution in [1.29, 1.82) is 0 Å². The maximum absolute atomic E-state index is 12.2. The first-order valence-electron chi connectivity index (χ1n) is 7.44. The average molecular weight is 329 g/mol. The van der Waals surface area contributed by atoms with E-state index < -0.39 is 12.1 Å². The van der Waals surface area contributed by atoms with Crippen molar-refractivity contribution in [3.8, 4) is 0 Å². The number of hydrogen-bond acceptors (Lipinski definition) is 5. The molecule has 0 unspecified atom stereocenters. The van der Waals surface area contributed by atoms with Gasteiger partial charge >= 0.3 is 12.1 Å². The van der Waals surface area contributed by atoms with Gasteiger partial charge in [-0.15, -0.1) is 0 Å². The largest absolute Gasteiger partial charge is 0.476 e. The lowest BCUT2D eigenvalue weighted by molar-refractivity contribution is 0.0690. The third kappa shape index (κ3) is 4.07. The smallest absolute Gasteiger partial charge is 0.414 e. The first-order chi connectivity index (χ1) is 11.4. The van der Waals surface area contributed by atoms with Crippen molar-refractivity contribution in [2.75, 3.05) is 11.9 Å². The lowest BCUT2D eigenvalue weighted by Crippen LogP contribution is -2.29. The van der Waals surface area contributed by atoms with E-state index in [2.05, 4.69) is 9.97 Å². The number of carboxylic acids is 1. The number of carbonyl (C=O) groups excluding carboxylic acids is 1. The average Bonchev–Trinajstić information content (AvgIpc) is 2.59. The number of aromatic carboxylic acids is 1. The molecule has 0 fully saturated rings. The molecule has 1 aromatic carbocycles. The van der Waals surface area contributed by atoms with Gasteiger partial charge in [-0.2, -0.15) is 0 Å². The van der Waals surface area contributed by atoms with Crippen molar-refractivity contribution in [3.63, 3.8) is 0 Å². The highest BCUT2D eigenvalue weighted by Gasteiger charge is 2.22. The minimum absolute atomic E-state index is 0.0208. The summed E-state index contributed by atoms with van der Waals surface area (Å²) in [7, 11) is 1.42. The number of benzene rings is 1. The highest BCUT2D eigenvalue weighted by Crippen LogP contribution is 2.20. The SMILES string of the molecule is CC(C)c1ncc(N(C)C(=O)OCc2ccccc2)c(C(=O)O)n1. The Morgan fingerprint density at radius 1 is 1.25 bits per heavy atom. The lowest BCUT2D eigenvalue weighted by Gasteiger charge is -2.19. The van der Waals surface area contributed by atoms with Crippen molar-refractivity contribution < 1.29 is 19.4 Å². The molecule has 0 aliphatic heterocycles. The molecule has 7 heteroatoms. The Bertz CT molecular complexity index is 732. The van der Waals surface area contributed by atoms with Gasteiger partial charge < -0.3 is 9.84 Å². The van der Waals surface area contributed by atoms with E-state index in [9.17, 15) is 14.7 Å². The molecule has 2 aromatic rings. The Morgan fingerprint density at radius 3 is 2.50 bits per heavy atom. The summed E-state index contributed by atoms with van der Waals surface area (Å²) in [6.07, 6.45) is 0.650. The summed E-state index contributed by atoms with van der Waals surface area (Å²) < 4.78 is 5.20. The van der Waals surface area contributed by atoms with Crippen LogP contribution < -0.4 is 4.90 Å². The number of hydrogen-bond donors (Lipinski definition) is 1. The summed E-state index contributed by atoms with van der Waals surface area (Å²) in [5.74, 6) is -0.841. The summed E-state index contributed by atoms with van der Waals surface area (Å²) in [4.78, 5) is 32.8. The van der Waals surface area contributed by atoms with E-state index in [4.69, 9.17) is 4.74 Å². The zero-order valence-corrected chi connectivity index (χ0v) is 13.8. The highest BCUT2D eigenvalue weighted by molar-refractivity contribution is 5.97. The van der Waals surface area contributed by atoms with Crippen LogP contribution in [-0.2, 0) is 11.3 Å². The molecule has 0 saturated carbocycles. The van der Waals surface area contributed by atoms with Crippen LogP contribution >= 0.6 is 0 Å². The number of carbonyl (C=O) groups is 2. The summed E-state index contributed by atoms with van der Waals surface area (Å²) >= 11 is 0. The zero-order chi connectivity index (χ0) is 17.7. The first kappa shape index (κ1) is 17.4. The van der Waals surface area contributed by atoms with Gasteiger partial charge in [0.05, 0.1) is 11.9 Å². The van der Waals surface area contributed by atoms with E-state index in [1.54, 1.807) is 0 Å². The van der Waals surface area contributed by atoms with Crippen LogP contribution in [-0.4, -0.2) is 34.2 Å². The molecule has 0 radical (unpaired) electrons. The van der Waals surface area contributed by atoms with Crippen LogP contribution in [0.15, 0.2) is 36.5 Å². The fourth-order valence-electron chi connectivity index (χ4n) is 1.98. The third-order valence-electron chi connectivity index (χ3n) is 3.35. The van der Waals surface area contributed by atoms with Gasteiger partial charge in [0.2, 0.25) is 0 Å². The van der Waals surface area contributed by atoms with Crippen molar-refractivity contribution >= 4 is 17.7 Å². The van der Waals surface area contributed by atoms with Crippen LogP contribution in [0.3, 0.4) is 0 Å². The molecule has 0 aliphatic rings. The summed E-state index contributed by atoms with van der Waals surface area (Å²) in [6, 6.07) is 9.21. The highest BCUT2D eigenvalue weighted by atomic mass is 16.6. The fraction of sp³-hybridized carbons (Fsp3) is 0.294. The molecule has 1 N–H and O–H groups in total. The molecule has 0 atom stereocenters. The van der Waals surface area contributed by atoms with Crippen molar-refractivity contribution in [2.45, 2.75) is 26.4 Å².